The number of halogens is 1. The van der Waals surface area contributed by atoms with Crippen LogP contribution in [0.5, 0.6) is 5.75 Å². The van der Waals surface area contributed by atoms with Crippen LogP contribution in [-0.2, 0) is 17.7 Å². The lowest BCUT2D eigenvalue weighted by molar-refractivity contribution is 0.0996. The summed E-state index contributed by atoms with van der Waals surface area (Å²) in [7, 11) is 0. The van der Waals surface area contributed by atoms with Crippen molar-refractivity contribution in [1.82, 2.24) is 24.3 Å². The molecule has 1 aliphatic carbocycles. The predicted molar refractivity (Wildman–Crippen MR) is 150 cm³/mol. The van der Waals surface area contributed by atoms with Gasteiger partial charge in [0.1, 0.15) is 23.1 Å². The Morgan fingerprint density at radius 1 is 1.07 bits per heavy atom. The van der Waals surface area contributed by atoms with Gasteiger partial charge in [-0.1, -0.05) is 19.3 Å². The molecule has 0 bridgehead atoms. The fraction of sp³-hybridized carbons (Fsp3) is 0.552. The van der Waals surface area contributed by atoms with Crippen molar-refractivity contribution in [3.05, 3.63) is 52.2 Å². The monoisotopic (exact) mass is 565 g/mol. The molecule has 2 fully saturated rings. The lowest BCUT2D eigenvalue weighted by Crippen LogP contribution is -2.37. The molecule has 1 atom stereocenters. The lowest BCUT2D eigenvalue weighted by atomic mass is 9.86. The average Bonchev–Trinajstić information content (AvgIpc) is 3.35. The number of ether oxygens (including phenoxy) is 2. The minimum atomic E-state index is -0.738. The summed E-state index contributed by atoms with van der Waals surface area (Å²) < 4.78 is 30.3. The van der Waals surface area contributed by atoms with Gasteiger partial charge in [0.15, 0.2) is 11.6 Å². The molecule has 1 N–H and O–H groups in total. The number of rotatable bonds is 7. The molecule has 0 radical (unpaired) electrons. The molecular formula is C29H36FN7O4. The molecule has 3 aromatic rings. The zero-order valence-corrected chi connectivity index (χ0v) is 23.4. The Morgan fingerprint density at radius 3 is 2.63 bits per heavy atom. The summed E-state index contributed by atoms with van der Waals surface area (Å²) in [6, 6.07) is 2.56. The molecule has 4 heterocycles. The molecule has 1 saturated carbocycles. The van der Waals surface area contributed by atoms with Crippen LogP contribution in [0.2, 0.25) is 0 Å². The van der Waals surface area contributed by atoms with E-state index in [4.69, 9.17) is 9.47 Å². The smallest absolute Gasteiger partial charge is 0.350 e. The van der Waals surface area contributed by atoms with Crippen LogP contribution in [0.15, 0.2) is 29.3 Å². The first kappa shape index (κ1) is 27.4. The van der Waals surface area contributed by atoms with E-state index in [1.165, 1.54) is 18.7 Å². The van der Waals surface area contributed by atoms with Crippen LogP contribution in [0.3, 0.4) is 0 Å². The van der Waals surface area contributed by atoms with Crippen LogP contribution in [0.4, 0.5) is 16.0 Å². The van der Waals surface area contributed by atoms with Crippen LogP contribution in [0.1, 0.15) is 68.1 Å². The fourth-order valence-electron chi connectivity index (χ4n) is 6.04. The van der Waals surface area contributed by atoms with E-state index in [9.17, 15) is 9.59 Å². The molecular weight excluding hydrogens is 529 g/mol. The van der Waals surface area contributed by atoms with Crippen LogP contribution in [-0.4, -0.2) is 62.6 Å². The van der Waals surface area contributed by atoms with Crippen molar-refractivity contribution in [1.29, 1.82) is 0 Å². The largest absolute Gasteiger partial charge is 0.490 e. The van der Waals surface area contributed by atoms with Gasteiger partial charge in [-0.05, 0) is 44.6 Å². The molecule has 2 aliphatic heterocycles. The maximum atomic E-state index is 15.7. The minimum Gasteiger partial charge on any atom is -0.490 e. The van der Waals surface area contributed by atoms with Gasteiger partial charge in [0.05, 0.1) is 24.9 Å². The summed E-state index contributed by atoms with van der Waals surface area (Å²) in [6.45, 7) is 4.86. The molecule has 12 heteroatoms. The Balaban J connectivity index is 1.36. The number of carbonyl (C=O) groups excluding carboxylic acids is 1. The summed E-state index contributed by atoms with van der Waals surface area (Å²) in [4.78, 5) is 37.6. The highest BCUT2D eigenvalue weighted by Crippen LogP contribution is 2.33. The highest BCUT2D eigenvalue weighted by Gasteiger charge is 2.28. The second kappa shape index (κ2) is 12.0. The Bertz CT molecular complexity index is 1460. The Kier molecular flexibility index (Phi) is 8.00. The van der Waals surface area contributed by atoms with Gasteiger partial charge in [0.2, 0.25) is 0 Å². The normalized spacial score (nSPS) is 18.5. The number of carbonyl (C=O) groups is 1. The zero-order valence-electron chi connectivity index (χ0n) is 23.4. The van der Waals surface area contributed by atoms with Gasteiger partial charge in [-0.15, -0.1) is 5.10 Å². The highest BCUT2D eigenvalue weighted by molar-refractivity contribution is 6.07. The number of nitrogens with one attached hydrogen (secondary N) is 1. The predicted octanol–water partition coefficient (Wildman–Crippen LogP) is 3.74. The van der Waals surface area contributed by atoms with Crippen molar-refractivity contribution >= 4 is 17.5 Å². The average molecular weight is 566 g/mol. The second-order valence-electron chi connectivity index (χ2n) is 11.0. The highest BCUT2D eigenvalue weighted by atomic mass is 19.1. The third-order valence-corrected chi connectivity index (χ3v) is 8.34. The summed E-state index contributed by atoms with van der Waals surface area (Å²) in [5, 5.41) is 7.26. The van der Waals surface area contributed by atoms with E-state index in [1.54, 1.807) is 10.8 Å². The van der Waals surface area contributed by atoms with Gasteiger partial charge in [0.25, 0.3) is 5.91 Å². The molecule has 0 unspecified atom stereocenters. The first-order chi connectivity index (χ1) is 20.0. The number of hydrogen-bond acceptors (Lipinski definition) is 8. The van der Waals surface area contributed by atoms with E-state index < -0.39 is 17.4 Å². The Labute approximate surface area is 237 Å². The van der Waals surface area contributed by atoms with E-state index in [0.29, 0.717) is 56.8 Å². The van der Waals surface area contributed by atoms with Crippen molar-refractivity contribution in [2.24, 2.45) is 5.92 Å². The number of nitrogens with zero attached hydrogens (tertiary/aromatic N) is 6. The number of hydrogen-bond donors (Lipinski definition) is 1. The molecule has 41 heavy (non-hydrogen) atoms. The van der Waals surface area contributed by atoms with Crippen LogP contribution < -0.4 is 20.6 Å². The molecule has 1 amide bonds. The Morgan fingerprint density at radius 2 is 1.85 bits per heavy atom. The minimum absolute atomic E-state index is 0.0181. The third-order valence-electron chi connectivity index (χ3n) is 8.34. The van der Waals surface area contributed by atoms with Crippen molar-refractivity contribution in [3.8, 4) is 11.4 Å². The van der Waals surface area contributed by atoms with Gasteiger partial charge < -0.3 is 19.7 Å². The molecule has 11 nitrogen and oxygen atoms in total. The molecule has 0 spiro atoms. The molecule has 2 aromatic heterocycles. The molecule has 6 rings (SSSR count). The third kappa shape index (κ3) is 5.70. The molecule has 3 aliphatic rings. The number of morpholine rings is 1. The lowest BCUT2D eigenvalue weighted by Gasteiger charge is -2.29. The number of fused-ring (bicyclic) bond motifs is 1. The van der Waals surface area contributed by atoms with Crippen LogP contribution in [0.25, 0.3) is 5.69 Å². The van der Waals surface area contributed by atoms with Gasteiger partial charge >= 0.3 is 5.69 Å². The standard InChI is InChI=1S/C29H36FN7O4/c1-19(20-7-3-2-4-8-20)41-24-18-23(37-29(39)36-12-6-5-9-25(36)34-37)22(30)17-21(24)28(38)33-26-27(32-11-10-31-26)35-13-15-40-16-14-35/h10-11,17-20H,2-9,12-16H2,1H3,(H,31,33,38)/t19-/m0/s1. The topological polar surface area (TPSA) is 116 Å². The fourth-order valence-corrected chi connectivity index (χ4v) is 6.04. The van der Waals surface area contributed by atoms with Crippen LogP contribution in [0, 0.1) is 11.7 Å². The SMILES string of the molecule is C[C@H](Oc1cc(-n2nc3n(c2=O)CCCC3)c(F)cc1C(=O)Nc1nccnc1N1CCOCC1)C1CCCCC1. The summed E-state index contributed by atoms with van der Waals surface area (Å²) in [5.74, 6) is 0.641. The maximum Gasteiger partial charge on any atom is 0.350 e. The van der Waals surface area contributed by atoms with Gasteiger partial charge in [-0.2, -0.15) is 4.68 Å². The molecule has 1 saturated heterocycles. The van der Waals surface area contributed by atoms with Crippen molar-refractivity contribution in [2.75, 3.05) is 36.5 Å². The molecule has 1 aromatic carbocycles. The van der Waals surface area contributed by atoms with Crippen molar-refractivity contribution in [3.63, 3.8) is 0 Å². The first-order valence-electron chi connectivity index (χ1n) is 14.6. The maximum absolute atomic E-state index is 15.7. The molecule has 218 valence electrons. The van der Waals surface area contributed by atoms with E-state index in [2.05, 4.69) is 20.4 Å². The van der Waals surface area contributed by atoms with Crippen molar-refractivity contribution in [2.45, 2.75) is 70.9 Å². The number of aromatic nitrogens is 5. The summed E-state index contributed by atoms with van der Waals surface area (Å²) in [5.41, 5.74) is -0.408. The summed E-state index contributed by atoms with van der Waals surface area (Å²) >= 11 is 0. The first-order valence-corrected chi connectivity index (χ1v) is 14.6. The van der Waals surface area contributed by atoms with Crippen molar-refractivity contribution < 1.29 is 18.7 Å². The van der Waals surface area contributed by atoms with Gasteiger partial charge in [-0.3, -0.25) is 9.36 Å². The second-order valence-corrected chi connectivity index (χ2v) is 11.0. The number of aryl methyl sites for hydroxylation is 1. The number of amides is 1. The number of benzene rings is 1. The van der Waals surface area contributed by atoms with E-state index in [1.807, 2.05) is 11.8 Å². The number of anilines is 2. The van der Waals surface area contributed by atoms with Gasteiger partial charge in [-0.25, -0.2) is 19.2 Å². The van der Waals surface area contributed by atoms with E-state index in [0.717, 1.165) is 49.3 Å². The zero-order chi connectivity index (χ0) is 28.3. The van der Waals surface area contributed by atoms with Gasteiger partial charge in [0, 0.05) is 44.5 Å². The Hall–Kier alpha value is -3.80. The van der Waals surface area contributed by atoms with E-state index in [-0.39, 0.29) is 28.9 Å². The van der Waals surface area contributed by atoms with Crippen LogP contribution >= 0.6 is 0 Å². The van der Waals surface area contributed by atoms with E-state index >= 15 is 4.39 Å². The quantitative estimate of drug-likeness (QED) is 0.461. The summed E-state index contributed by atoms with van der Waals surface area (Å²) in [6.07, 6.45) is 10.9.